The Balaban J connectivity index is 1.89. The first kappa shape index (κ1) is 19.3. The Bertz CT molecular complexity index is 880. The van der Waals surface area contributed by atoms with Crippen LogP contribution in [0.2, 0.25) is 5.02 Å². The highest BCUT2D eigenvalue weighted by atomic mass is 79.9. The van der Waals surface area contributed by atoms with E-state index in [1.165, 1.54) is 11.5 Å². The Morgan fingerprint density at radius 2 is 2.04 bits per heavy atom. The van der Waals surface area contributed by atoms with Crippen LogP contribution in [-0.4, -0.2) is 23.6 Å². The van der Waals surface area contributed by atoms with Gasteiger partial charge in [0.1, 0.15) is 17.8 Å². The minimum atomic E-state index is 0.584. The van der Waals surface area contributed by atoms with E-state index in [4.69, 9.17) is 21.1 Å². The molecule has 1 aromatic heterocycles. The van der Waals surface area contributed by atoms with Gasteiger partial charge in [0.25, 0.3) is 0 Å². The maximum atomic E-state index is 6.23. The zero-order valence-electron chi connectivity index (χ0n) is 14.0. The Kier molecular flexibility index (Phi) is 6.63. The average Bonchev–Trinajstić information content (AvgIpc) is 3.19. The normalized spacial score (nSPS) is 10.6. The molecule has 26 heavy (non-hydrogen) atoms. The van der Waals surface area contributed by atoms with Gasteiger partial charge in [0.05, 0.1) is 25.8 Å². The van der Waals surface area contributed by atoms with E-state index in [0.29, 0.717) is 11.6 Å². The van der Waals surface area contributed by atoms with Gasteiger partial charge in [0.2, 0.25) is 5.13 Å². The summed E-state index contributed by atoms with van der Waals surface area (Å²) in [6.45, 7) is 0.584. The molecule has 0 unspecified atom stereocenters. The summed E-state index contributed by atoms with van der Waals surface area (Å²) in [7, 11) is 3.28. The van der Waals surface area contributed by atoms with Crippen LogP contribution in [0.4, 0.5) is 5.13 Å². The predicted molar refractivity (Wildman–Crippen MR) is 111 cm³/mol. The predicted octanol–water partition coefficient (Wildman–Crippen LogP) is 5.69. The van der Waals surface area contributed by atoms with E-state index in [0.717, 1.165) is 31.6 Å². The lowest BCUT2D eigenvalue weighted by Crippen LogP contribution is -2.14. The molecule has 136 valence electrons. The zero-order chi connectivity index (χ0) is 18.5. The molecule has 0 atom stereocenters. The monoisotopic (exact) mass is 471 g/mol. The minimum absolute atomic E-state index is 0.584. The van der Waals surface area contributed by atoms with Crippen LogP contribution in [-0.2, 0) is 6.54 Å². The fraction of sp³-hybridized carbons (Fsp3) is 0.176. The van der Waals surface area contributed by atoms with Crippen LogP contribution in [0.5, 0.6) is 11.5 Å². The third kappa shape index (κ3) is 4.62. The van der Waals surface area contributed by atoms with Gasteiger partial charge in [-0.2, -0.15) is 4.37 Å². The summed E-state index contributed by atoms with van der Waals surface area (Å²) < 4.78 is 17.8. The molecule has 0 N–H and O–H groups in total. The molecule has 0 saturated heterocycles. The minimum Gasteiger partial charge on any atom is -0.497 e. The molecule has 0 bridgehead atoms. The van der Waals surface area contributed by atoms with Crippen molar-refractivity contribution in [2.75, 3.05) is 18.5 Å². The highest BCUT2D eigenvalue weighted by Gasteiger charge is 2.16. The van der Waals surface area contributed by atoms with Crippen molar-refractivity contribution in [1.82, 2.24) is 9.36 Å². The lowest BCUT2D eigenvalue weighted by Gasteiger charge is -2.21. The molecule has 0 spiro atoms. The summed E-state index contributed by atoms with van der Waals surface area (Å²) in [6, 6.07) is 11.6. The van der Waals surface area contributed by atoms with Gasteiger partial charge in [-0.15, -0.1) is 0 Å². The molecule has 0 fully saturated rings. The van der Waals surface area contributed by atoms with Crippen molar-refractivity contribution in [3.05, 3.63) is 57.8 Å². The maximum Gasteiger partial charge on any atom is 0.215 e. The first-order chi connectivity index (χ1) is 12.6. The molecule has 0 aliphatic rings. The van der Waals surface area contributed by atoms with Crippen molar-refractivity contribution in [2.45, 2.75) is 11.4 Å². The second-order valence-corrected chi connectivity index (χ2v) is 8.22. The number of aromatic nitrogens is 2. The molecule has 3 rings (SSSR count). The van der Waals surface area contributed by atoms with Gasteiger partial charge < -0.3 is 9.47 Å². The standard InChI is InChI=1S/C17H15BrClN3O2S2/c1-23-12-4-3-11(16(7-12)24-2)9-22(17-20-10-21-25-17)26-13-5-6-14(18)15(19)8-13/h3-8,10H,9H2,1-2H3. The summed E-state index contributed by atoms with van der Waals surface area (Å²) >= 11 is 12.5. The number of benzene rings is 2. The van der Waals surface area contributed by atoms with Crippen LogP contribution in [0.25, 0.3) is 0 Å². The van der Waals surface area contributed by atoms with Gasteiger partial charge in [0, 0.05) is 32.5 Å². The molecule has 0 amide bonds. The maximum absolute atomic E-state index is 6.23. The van der Waals surface area contributed by atoms with Crippen molar-refractivity contribution in [3.63, 3.8) is 0 Å². The molecule has 5 nitrogen and oxygen atoms in total. The number of hydrogen-bond acceptors (Lipinski definition) is 7. The van der Waals surface area contributed by atoms with E-state index >= 15 is 0 Å². The van der Waals surface area contributed by atoms with Crippen LogP contribution in [0.15, 0.2) is 52.1 Å². The van der Waals surface area contributed by atoms with Crippen LogP contribution in [0, 0.1) is 0 Å². The lowest BCUT2D eigenvalue weighted by molar-refractivity contribution is 0.391. The number of halogens is 2. The first-order valence-corrected chi connectivity index (χ1v) is 10.2. The fourth-order valence-corrected chi connectivity index (χ4v) is 4.24. The van der Waals surface area contributed by atoms with E-state index in [9.17, 15) is 0 Å². The quantitative estimate of drug-likeness (QED) is 0.412. The van der Waals surface area contributed by atoms with Crippen molar-refractivity contribution in [3.8, 4) is 11.5 Å². The third-order valence-electron chi connectivity index (χ3n) is 3.48. The van der Waals surface area contributed by atoms with Crippen molar-refractivity contribution < 1.29 is 9.47 Å². The summed E-state index contributed by atoms with van der Waals surface area (Å²) in [6.07, 6.45) is 1.55. The van der Waals surface area contributed by atoms with Gasteiger partial charge in [-0.25, -0.2) is 4.98 Å². The van der Waals surface area contributed by atoms with Crippen LogP contribution >= 0.6 is 51.0 Å². The molecule has 0 aliphatic carbocycles. The Hall–Kier alpha value is -1.48. The molecule has 9 heteroatoms. The number of rotatable bonds is 7. The van der Waals surface area contributed by atoms with Crippen molar-refractivity contribution in [2.24, 2.45) is 0 Å². The molecule has 2 aromatic carbocycles. The topological polar surface area (TPSA) is 47.5 Å². The molecular formula is C17H15BrClN3O2S2. The Labute approximate surface area is 173 Å². The number of nitrogens with zero attached hydrogens (tertiary/aromatic N) is 3. The Morgan fingerprint density at radius 1 is 1.19 bits per heavy atom. The van der Waals surface area contributed by atoms with Crippen LogP contribution < -0.4 is 13.8 Å². The second-order valence-electron chi connectivity index (χ2n) is 5.11. The smallest absolute Gasteiger partial charge is 0.215 e. The van der Waals surface area contributed by atoms with Gasteiger partial charge in [0.15, 0.2) is 0 Å². The van der Waals surface area contributed by atoms with E-state index in [-0.39, 0.29) is 0 Å². The van der Waals surface area contributed by atoms with Crippen LogP contribution in [0.3, 0.4) is 0 Å². The summed E-state index contributed by atoms with van der Waals surface area (Å²) in [5.41, 5.74) is 1.01. The molecular weight excluding hydrogens is 458 g/mol. The van der Waals surface area contributed by atoms with Gasteiger partial charge in [-0.3, -0.25) is 4.31 Å². The molecule has 1 heterocycles. The van der Waals surface area contributed by atoms with Crippen molar-refractivity contribution in [1.29, 1.82) is 0 Å². The molecule has 0 saturated carbocycles. The summed E-state index contributed by atoms with van der Waals surface area (Å²) in [5, 5.41) is 1.46. The SMILES string of the molecule is COc1ccc(CN(Sc2ccc(Br)c(Cl)c2)c2ncns2)c(OC)c1. The third-order valence-corrected chi connectivity index (χ3v) is 6.50. The average molecular weight is 473 g/mol. The fourth-order valence-electron chi connectivity index (χ4n) is 2.21. The molecule has 0 radical (unpaired) electrons. The highest BCUT2D eigenvalue weighted by Crippen LogP contribution is 2.36. The van der Waals surface area contributed by atoms with Gasteiger partial charge >= 0.3 is 0 Å². The van der Waals surface area contributed by atoms with Gasteiger partial charge in [-0.05, 0) is 58.2 Å². The van der Waals surface area contributed by atoms with E-state index < -0.39 is 0 Å². The Morgan fingerprint density at radius 3 is 2.69 bits per heavy atom. The number of anilines is 1. The number of methoxy groups -OCH3 is 2. The summed E-state index contributed by atoms with van der Waals surface area (Å²) in [5.74, 6) is 1.51. The van der Waals surface area contributed by atoms with E-state index in [1.807, 2.05) is 36.4 Å². The number of ether oxygens (including phenoxy) is 2. The molecule has 3 aromatic rings. The summed E-state index contributed by atoms with van der Waals surface area (Å²) in [4.78, 5) is 5.34. The van der Waals surface area contributed by atoms with E-state index in [2.05, 4.69) is 29.6 Å². The number of hydrogen-bond donors (Lipinski definition) is 0. The van der Waals surface area contributed by atoms with Gasteiger partial charge in [-0.1, -0.05) is 11.6 Å². The largest absolute Gasteiger partial charge is 0.497 e. The zero-order valence-corrected chi connectivity index (χ0v) is 18.0. The lowest BCUT2D eigenvalue weighted by atomic mass is 10.2. The second kappa shape index (κ2) is 8.94. The van der Waals surface area contributed by atoms with Crippen molar-refractivity contribution >= 4 is 56.1 Å². The van der Waals surface area contributed by atoms with Crippen LogP contribution in [0.1, 0.15) is 5.56 Å². The highest BCUT2D eigenvalue weighted by molar-refractivity contribution is 9.10. The molecule has 0 aliphatic heterocycles. The first-order valence-electron chi connectivity index (χ1n) is 7.49. The van der Waals surface area contributed by atoms with E-state index in [1.54, 1.807) is 32.5 Å².